The van der Waals surface area contributed by atoms with Crippen molar-refractivity contribution >= 4 is 33.6 Å². The predicted molar refractivity (Wildman–Crippen MR) is 113 cm³/mol. The van der Waals surface area contributed by atoms with Crippen LogP contribution in [0, 0.1) is 0 Å². The summed E-state index contributed by atoms with van der Waals surface area (Å²) in [5, 5.41) is 0. The summed E-state index contributed by atoms with van der Waals surface area (Å²) in [5.74, 6) is -0.366. The molecule has 0 atom stereocenters. The number of carbonyl (C=O) groups excluding carboxylic acids is 3. The number of amides is 1. The normalized spacial score (nSPS) is 10.3. The highest BCUT2D eigenvalue weighted by Gasteiger charge is 2.15. The summed E-state index contributed by atoms with van der Waals surface area (Å²) in [5.41, 5.74) is 1.46. The molecule has 29 heavy (non-hydrogen) atoms. The molecule has 6 nitrogen and oxygen atoms in total. The Bertz CT molecular complexity index is 851. The third-order valence-electron chi connectivity index (χ3n) is 4.19. The summed E-state index contributed by atoms with van der Waals surface area (Å²) in [6.45, 7) is 2.48. The maximum absolute atomic E-state index is 12.2. The third-order valence-corrected chi connectivity index (χ3v) is 4.96. The summed E-state index contributed by atoms with van der Waals surface area (Å²) in [7, 11) is 1.64. The zero-order valence-corrected chi connectivity index (χ0v) is 18.1. The summed E-state index contributed by atoms with van der Waals surface area (Å²) >= 11 is 3.44. The minimum absolute atomic E-state index is 0.0216. The van der Waals surface area contributed by atoms with Crippen molar-refractivity contribution in [2.75, 3.05) is 20.3 Å². The van der Waals surface area contributed by atoms with Gasteiger partial charge in [0.05, 0.1) is 13.0 Å². The number of Topliss-reactive ketones (excluding diaryl/α,β-unsaturated/α-hetero) is 1. The highest BCUT2D eigenvalue weighted by molar-refractivity contribution is 9.10. The number of hydrogen-bond acceptors (Lipinski definition) is 5. The van der Waals surface area contributed by atoms with Crippen molar-refractivity contribution < 1.29 is 23.9 Å². The topological polar surface area (TPSA) is 72.9 Å². The van der Waals surface area contributed by atoms with Crippen LogP contribution in [0.15, 0.2) is 53.0 Å². The molecule has 0 aliphatic rings. The number of carbonyl (C=O) groups is 3. The standard InChI is InChI=1S/C22H24BrNO5/c1-3-28-18-10-8-16(9-11-18)20(25)12-13-22(27)29-15-21(26)24(2)14-17-6-4-5-7-19(17)23/h4-11H,3,12-15H2,1-2H3. The minimum Gasteiger partial charge on any atom is -0.494 e. The van der Waals surface area contributed by atoms with Crippen LogP contribution in [0.5, 0.6) is 5.75 Å². The Kier molecular flexibility index (Phi) is 8.86. The first-order valence-electron chi connectivity index (χ1n) is 9.29. The second-order valence-electron chi connectivity index (χ2n) is 6.38. The van der Waals surface area contributed by atoms with Crippen molar-refractivity contribution in [2.24, 2.45) is 0 Å². The Labute approximate surface area is 178 Å². The molecule has 7 heteroatoms. The van der Waals surface area contributed by atoms with Crippen molar-refractivity contribution in [2.45, 2.75) is 26.3 Å². The molecule has 1 amide bonds. The fourth-order valence-corrected chi connectivity index (χ4v) is 2.97. The molecule has 2 aromatic carbocycles. The van der Waals surface area contributed by atoms with E-state index in [0.29, 0.717) is 24.5 Å². The Morgan fingerprint density at radius 2 is 1.69 bits per heavy atom. The number of halogens is 1. The first-order valence-corrected chi connectivity index (χ1v) is 10.1. The van der Waals surface area contributed by atoms with Crippen LogP contribution < -0.4 is 4.74 Å². The van der Waals surface area contributed by atoms with E-state index in [4.69, 9.17) is 9.47 Å². The van der Waals surface area contributed by atoms with Crippen molar-refractivity contribution in [1.29, 1.82) is 0 Å². The molecule has 0 saturated carbocycles. The molecular formula is C22H24BrNO5. The van der Waals surface area contributed by atoms with Gasteiger partial charge < -0.3 is 14.4 Å². The molecule has 0 N–H and O–H groups in total. The van der Waals surface area contributed by atoms with Gasteiger partial charge in [-0.3, -0.25) is 14.4 Å². The number of ketones is 1. The van der Waals surface area contributed by atoms with Crippen molar-refractivity contribution in [3.63, 3.8) is 0 Å². The third kappa shape index (κ3) is 7.34. The Morgan fingerprint density at radius 3 is 2.34 bits per heavy atom. The molecule has 0 aromatic heterocycles. The van der Waals surface area contributed by atoms with Crippen LogP contribution in [0.1, 0.15) is 35.7 Å². The van der Waals surface area contributed by atoms with Gasteiger partial charge in [0.1, 0.15) is 5.75 Å². The fourth-order valence-electron chi connectivity index (χ4n) is 2.56. The van der Waals surface area contributed by atoms with Gasteiger partial charge in [0.15, 0.2) is 12.4 Å². The minimum atomic E-state index is -0.577. The maximum atomic E-state index is 12.2. The lowest BCUT2D eigenvalue weighted by molar-refractivity contribution is -0.151. The summed E-state index contributed by atoms with van der Waals surface area (Å²) in [6.07, 6.45) is -0.0545. The van der Waals surface area contributed by atoms with E-state index in [1.807, 2.05) is 31.2 Å². The zero-order valence-electron chi connectivity index (χ0n) is 16.5. The van der Waals surface area contributed by atoms with E-state index < -0.39 is 5.97 Å². The lowest BCUT2D eigenvalue weighted by Gasteiger charge is -2.18. The molecule has 0 bridgehead atoms. The molecule has 154 valence electrons. The number of rotatable bonds is 10. The Balaban J connectivity index is 1.73. The first-order chi connectivity index (χ1) is 13.9. The van der Waals surface area contributed by atoms with Crippen LogP contribution in [0.4, 0.5) is 0 Å². The quantitative estimate of drug-likeness (QED) is 0.394. The van der Waals surface area contributed by atoms with E-state index in [1.54, 1.807) is 31.3 Å². The number of ether oxygens (including phenoxy) is 2. The van der Waals surface area contributed by atoms with Gasteiger partial charge in [-0.15, -0.1) is 0 Å². The number of esters is 1. The zero-order chi connectivity index (χ0) is 21.2. The van der Waals surface area contributed by atoms with Crippen molar-refractivity contribution in [3.05, 3.63) is 64.1 Å². The van der Waals surface area contributed by atoms with E-state index >= 15 is 0 Å². The molecule has 2 rings (SSSR count). The van der Waals surface area contributed by atoms with Crippen LogP contribution in [0.3, 0.4) is 0 Å². The lowest BCUT2D eigenvalue weighted by Crippen LogP contribution is -2.31. The van der Waals surface area contributed by atoms with E-state index in [1.165, 1.54) is 4.90 Å². The molecule has 0 saturated heterocycles. The van der Waals surface area contributed by atoms with Crippen LogP contribution in [-0.2, 0) is 20.9 Å². The lowest BCUT2D eigenvalue weighted by atomic mass is 10.1. The molecule has 0 spiro atoms. The average molecular weight is 462 g/mol. The van der Waals surface area contributed by atoms with Crippen LogP contribution in [0.2, 0.25) is 0 Å². The van der Waals surface area contributed by atoms with Gasteiger partial charge in [-0.25, -0.2) is 0 Å². The highest BCUT2D eigenvalue weighted by Crippen LogP contribution is 2.17. The van der Waals surface area contributed by atoms with Crippen molar-refractivity contribution in [1.82, 2.24) is 4.90 Å². The molecule has 0 aliphatic carbocycles. The molecule has 0 unspecified atom stereocenters. The molecule has 0 fully saturated rings. The number of nitrogens with zero attached hydrogens (tertiary/aromatic N) is 1. The van der Waals surface area contributed by atoms with Gasteiger partial charge in [-0.05, 0) is 42.8 Å². The van der Waals surface area contributed by atoms with Gasteiger partial charge >= 0.3 is 5.97 Å². The van der Waals surface area contributed by atoms with Gasteiger partial charge in [0.25, 0.3) is 5.91 Å². The fraction of sp³-hybridized carbons (Fsp3) is 0.318. The largest absolute Gasteiger partial charge is 0.494 e. The van der Waals surface area contributed by atoms with Gasteiger partial charge in [-0.1, -0.05) is 34.1 Å². The SMILES string of the molecule is CCOc1ccc(C(=O)CCC(=O)OCC(=O)N(C)Cc2ccccc2Br)cc1. The average Bonchev–Trinajstić information content (AvgIpc) is 2.72. The first kappa shape index (κ1) is 22.6. The second kappa shape index (κ2) is 11.4. The van der Waals surface area contributed by atoms with Crippen LogP contribution in [-0.4, -0.2) is 42.8 Å². The van der Waals surface area contributed by atoms with Gasteiger partial charge in [0.2, 0.25) is 0 Å². The summed E-state index contributed by atoms with van der Waals surface area (Å²) < 4.78 is 11.3. The van der Waals surface area contributed by atoms with E-state index in [9.17, 15) is 14.4 Å². The van der Waals surface area contributed by atoms with Crippen LogP contribution >= 0.6 is 15.9 Å². The monoisotopic (exact) mass is 461 g/mol. The second-order valence-corrected chi connectivity index (χ2v) is 7.24. The Hall–Kier alpha value is -2.67. The molecule has 2 aromatic rings. The highest BCUT2D eigenvalue weighted by atomic mass is 79.9. The molecule has 0 aliphatic heterocycles. The smallest absolute Gasteiger partial charge is 0.306 e. The van der Waals surface area contributed by atoms with Crippen LogP contribution in [0.25, 0.3) is 0 Å². The summed E-state index contributed by atoms with van der Waals surface area (Å²) in [6, 6.07) is 14.4. The van der Waals surface area contributed by atoms with Gasteiger partial charge in [0, 0.05) is 30.0 Å². The molecule has 0 radical (unpaired) electrons. The van der Waals surface area contributed by atoms with E-state index in [2.05, 4.69) is 15.9 Å². The summed E-state index contributed by atoms with van der Waals surface area (Å²) in [4.78, 5) is 37.7. The number of likely N-dealkylation sites (N-methyl/N-ethyl adjacent to an activating group) is 1. The maximum Gasteiger partial charge on any atom is 0.306 e. The van der Waals surface area contributed by atoms with E-state index in [-0.39, 0.29) is 31.1 Å². The van der Waals surface area contributed by atoms with E-state index in [0.717, 1.165) is 10.0 Å². The number of hydrogen-bond donors (Lipinski definition) is 0. The molecule has 0 heterocycles. The molecular weight excluding hydrogens is 438 g/mol. The Morgan fingerprint density at radius 1 is 1.00 bits per heavy atom. The predicted octanol–water partition coefficient (Wildman–Crippen LogP) is 4.01. The van der Waals surface area contributed by atoms with Gasteiger partial charge in [-0.2, -0.15) is 0 Å². The van der Waals surface area contributed by atoms with Crippen molar-refractivity contribution in [3.8, 4) is 5.75 Å². The number of benzene rings is 2.